The number of Topliss-reactive ketones (excluding diaryl/α,β-unsaturated/α-hetero) is 1. The van der Waals surface area contributed by atoms with E-state index < -0.39 is 32.7 Å². The minimum Gasteiger partial charge on any atom is -0.480 e. The fourth-order valence-corrected chi connectivity index (χ4v) is 4.72. The molecule has 0 aromatic heterocycles. The number of aliphatic carboxylic acids is 1. The Kier molecular flexibility index (Phi) is 9.82. The first-order valence-electron chi connectivity index (χ1n) is 10.9. The molecule has 0 fully saturated rings. The molecule has 13 heteroatoms. The molecule has 0 heterocycles. The van der Waals surface area contributed by atoms with Gasteiger partial charge in [-0.2, -0.15) is 0 Å². The SMILES string of the molecule is O=C(O)CN(Cc1cccc(CC(=O)c2cc(Br)cc(B(O)O)c2)c1)C(=O)c1cc(Br)cc(B(O)O)c1. The Morgan fingerprint density at radius 2 is 1.30 bits per heavy atom. The van der Waals surface area contributed by atoms with E-state index in [0.29, 0.717) is 20.1 Å². The van der Waals surface area contributed by atoms with Crippen LogP contribution in [0.15, 0.2) is 69.6 Å². The summed E-state index contributed by atoms with van der Waals surface area (Å²) >= 11 is 6.47. The first kappa shape index (κ1) is 28.8. The van der Waals surface area contributed by atoms with Crippen molar-refractivity contribution in [1.82, 2.24) is 4.90 Å². The van der Waals surface area contributed by atoms with Crippen LogP contribution in [0.5, 0.6) is 0 Å². The van der Waals surface area contributed by atoms with E-state index in [9.17, 15) is 39.6 Å². The van der Waals surface area contributed by atoms with Crippen molar-refractivity contribution in [3.05, 3.63) is 91.9 Å². The van der Waals surface area contributed by atoms with Crippen LogP contribution in [-0.4, -0.2) is 68.5 Å². The molecule has 0 aliphatic carbocycles. The van der Waals surface area contributed by atoms with Crippen molar-refractivity contribution in [2.75, 3.05) is 6.54 Å². The minimum absolute atomic E-state index is 0.0124. The molecule has 0 atom stereocenters. The van der Waals surface area contributed by atoms with Crippen LogP contribution in [-0.2, 0) is 17.8 Å². The third-order valence-corrected chi connectivity index (χ3v) is 6.26. The molecule has 9 nitrogen and oxygen atoms in total. The Balaban J connectivity index is 1.83. The van der Waals surface area contributed by atoms with Crippen LogP contribution >= 0.6 is 31.9 Å². The molecular weight excluding hydrogens is 612 g/mol. The summed E-state index contributed by atoms with van der Waals surface area (Å²) in [7, 11) is -3.54. The maximum absolute atomic E-state index is 13.2. The van der Waals surface area contributed by atoms with Crippen molar-refractivity contribution in [1.29, 1.82) is 0 Å². The summed E-state index contributed by atoms with van der Waals surface area (Å²) in [5.41, 5.74) is 1.78. The summed E-state index contributed by atoms with van der Waals surface area (Å²) in [6, 6.07) is 15.4. The van der Waals surface area contributed by atoms with Crippen LogP contribution in [0.1, 0.15) is 31.8 Å². The molecule has 0 unspecified atom stereocenters. The number of carboxylic acid groups (broad SMARTS) is 1. The Morgan fingerprint density at radius 3 is 1.86 bits per heavy atom. The highest BCUT2D eigenvalue weighted by atomic mass is 79.9. The number of benzene rings is 3. The van der Waals surface area contributed by atoms with Gasteiger partial charge in [-0.25, -0.2) is 0 Å². The standard InChI is InChI=1S/C24H21B2Br2NO8/c27-20-8-16(6-18(10-20)25(34)35)22(30)5-14-2-1-3-15(4-14)12-29(13-23(31)32)24(33)17-7-19(26(36)37)11-21(28)9-17/h1-4,6-11,34-37H,5,12-13H2,(H,31,32). The summed E-state index contributed by atoms with van der Waals surface area (Å²) in [6.45, 7) is -0.676. The zero-order chi connectivity index (χ0) is 27.3. The Labute approximate surface area is 229 Å². The van der Waals surface area contributed by atoms with Crippen LogP contribution < -0.4 is 10.9 Å². The smallest absolute Gasteiger partial charge is 0.480 e. The summed E-state index contributed by atoms with van der Waals surface area (Å²) in [5, 5.41) is 47.2. The van der Waals surface area contributed by atoms with Gasteiger partial charge < -0.3 is 30.1 Å². The maximum Gasteiger partial charge on any atom is 0.488 e. The number of hydrogen-bond donors (Lipinski definition) is 5. The van der Waals surface area contributed by atoms with E-state index >= 15 is 0 Å². The number of rotatable bonds is 10. The molecule has 5 N–H and O–H groups in total. The Bertz CT molecular complexity index is 1340. The van der Waals surface area contributed by atoms with Gasteiger partial charge in [0.05, 0.1) is 0 Å². The Hall–Kier alpha value is -2.80. The van der Waals surface area contributed by atoms with Crippen molar-refractivity contribution in [3.63, 3.8) is 0 Å². The zero-order valence-electron chi connectivity index (χ0n) is 19.2. The van der Waals surface area contributed by atoms with Crippen molar-refractivity contribution >= 4 is 74.7 Å². The highest BCUT2D eigenvalue weighted by molar-refractivity contribution is 9.10. The predicted molar refractivity (Wildman–Crippen MR) is 145 cm³/mol. The lowest BCUT2D eigenvalue weighted by atomic mass is 9.79. The molecule has 37 heavy (non-hydrogen) atoms. The lowest BCUT2D eigenvalue weighted by Gasteiger charge is -2.22. The number of carboxylic acids is 1. The van der Waals surface area contributed by atoms with Gasteiger partial charge in [0.15, 0.2) is 5.78 Å². The van der Waals surface area contributed by atoms with Crippen LogP contribution in [0.4, 0.5) is 0 Å². The molecule has 0 saturated heterocycles. The third kappa shape index (κ3) is 8.09. The largest absolute Gasteiger partial charge is 0.488 e. The maximum atomic E-state index is 13.2. The number of hydrogen-bond acceptors (Lipinski definition) is 7. The van der Waals surface area contributed by atoms with Gasteiger partial charge >= 0.3 is 20.2 Å². The molecule has 0 radical (unpaired) electrons. The molecule has 3 aromatic carbocycles. The van der Waals surface area contributed by atoms with Gasteiger partial charge in [0, 0.05) is 33.0 Å². The molecule has 0 spiro atoms. The molecule has 3 aromatic rings. The number of carbonyl (C=O) groups excluding carboxylic acids is 2. The average molecular weight is 633 g/mol. The number of carbonyl (C=O) groups is 3. The first-order chi connectivity index (χ1) is 17.4. The molecule has 0 saturated carbocycles. The zero-order valence-corrected chi connectivity index (χ0v) is 22.4. The second kappa shape index (κ2) is 12.6. The highest BCUT2D eigenvalue weighted by Crippen LogP contribution is 2.18. The summed E-state index contributed by atoms with van der Waals surface area (Å²) < 4.78 is 0.934. The fourth-order valence-electron chi connectivity index (χ4n) is 3.70. The lowest BCUT2D eigenvalue weighted by Crippen LogP contribution is -2.37. The molecule has 3 rings (SSSR count). The topological polar surface area (TPSA) is 156 Å². The van der Waals surface area contributed by atoms with Gasteiger partial charge in [0.25, 0.3) is 5.91 Å². The molecule has 190 valence electrons. The number of halogens is 2. The summed E-state index contributed by atoms with van der Waals surface area (Å²) in [4.78, 5) is 38.6. The minimum atomic E-state index is -1.81. The van der Waals surface area contributed by atoms with Crippen molar-refractivity contribution in [2.24, 2.45) is 0 Å². The number of amides is 1. The van der Waals surface area contributed by atoms with Crippen LogP contribution in [0.3, 0.4) is 0 Å². The second-order valence-electron chi connectivity index (χ2n) is 8.27. The summed E-state index contributed by atoms with van der Waals surface area (Å²) in [6.07, 6.45) is -0.0124. The van der Waals surface area contributed by atoms with Gasteiger partial charge in [-0.1, -0.05) is 62.2 Å². The van der Waals surface area contributed by atoms with E-state index in [1.54, 1.807) is 30.3 Å². The number of nitrogens with zero attached hydrogens (tertiary/aromatic N) is 1. The van der Waals surface area contributed by atoms with Crippen molar-refractivity contribution in [3.8, 4) is 0 Å². The van der Waals surface area contributed by atoms with Crippen LogP contribution in [0.2, 0.25) is 0 Å². The fraction of sp³-hybridized carbons (Fsp3) is 0.125. The van der Waals surface area contributed by atoms with Crippen molar-refractivity contribution in [2.45, 2.75) is 13.0 Å². The van der Waals surface area contributed by atoms with E-state index in [-0.39, 0.29) is 40.8 Å². The molecule has 0 aliphatic rings. The van der Waals surface area contributed by atoms with E-state index in [2.05, 4.69) is 31.9 Å². The molecular formula is C24H21B2Br2NO8. The van der Waals surface area contributed by atoms with Gasteiger partial charge in [-0.15, -0.1) is 0 Å². The highest BCUT2D eigenvalue weighted by Gasteiger charge is 2.22. The van der Waals surface area contributed by atoms with Gasteiger partial charge in [-0.05, 0) is 52.4 Å². The van der Waals surface area contributed by atoms with Crippen LogP contribution in [0, 0.1) is 0 Å². The average Bonchev–Trinajstić information content (AvgIpc) is 2.82. The van der Waals surface area contributed by atoms with E-state index in [1.807, 2.05) is 0 Å². The van der Waals surface area contributed by atoms with Crippen LogP contribution in [0.25, 0.3) is 0 Å². The van der Waals surface area contributed by atoms with E-state index in [1.165, 1.54) is 30.3 Å². The van der Waals surface area contributed by atoms with Gasteiger partial charge in [-0.3, -0.25) is 14.4 Å². The molecule has 0 aliphatic heterocycles. The summed E-state index contributed by atoms with van der Waals surface area (Å²) in [5.74, 6) is -2.13. The predicted octanol–water partition coefficient (Wildman–Crippen LogP) is 0.724. The van der Waals surface area contributed by atoms with Gasteiger partial charge in [0.2, 0.25) is 0 Å². The second-order valence-corrected chi connectivity index (χ2v) is 10.1. The van der Waals surface area contributed by atoms with E-state index in [4.69, 9.17) is 0 Å². The normalized spacial score (nSPS) is 10.6. The van der Waals surface area contributed by atoms with E-state index in [0.717, 1.165) is 4.90 Å². The monoisotopic (exact) mass is 631 g/mol. The van der Waals surface area contributed by atoms with Crippen molar-refractivity contribution < 1.29 is 39.6 Å². The lowest BCUT2D eigenvalue weighted by molar-refractivity contribution is -0.137. The quantitative estimate of drug-likeness (QED) is 0.162. The molecule has 0 bridgehead atoms. The number of ketones is 1. The third-order valence-electron chi connectivity index (χ3n) is 5.35. The Morgan fingerprint density at radius 1 is 0.757 bits per heavy atom. The first-order valence-corrected chi connectivity index (χ1v) is 12.5. The van der Waals surface area contributed by atoms with Gasteiger partial charge in [0.1, 0.15) is 6.54 Å². The molecule has 1 amide bonds.